The van der Waals surface area contributed by atoms with Gasteiger partial charge in [0.2, 0.25) is 5.91 Å². The summed E-state index contributed by atoms with van der Waals surface area (Å²) < 4.78 is 12.9. The molecule has 1 unspecified atom stereocenters. The average Bonchev–Trinajstić information content (AvgIpc) is 2.60. The topological polar surface area (TPSA) is 86.7 Å². The number of amides is 3. The number of imide groups is 1. The molecule has 0 aliphatic carbocycles. The summed E-state index contributed by atoms with van der Waals surface area (Å²) in [4.78, 5) is 36.6. The summed E-state index contributed by atoms with van der Waals surface area (Å²) in [7, 11) is 0. The highest BCUT2D eigenvalue weighted by Gasteiger charge is 2.42. The van der Waals surface area contributed by atoms with Crippen LogP contribution in [0.4, 0.5) is 4.39 Å². The minimum atomic E-state index is -1.38. The molecule has 1 aliphatic heterocycles. The van der Waals surface area contributed by atoms with Gasteiger partial charge in [0.15, 0.2) is 0 Å². The van der Waals surface area contributed by atoms with E-state index in [-0.39, 0.29) is 27.8 Å². The highest BCUT2D eigenvalue weighted by atomic mass is 35.5. The number of hydrogen-bond acceptors (Lipinski definition) is 4. The highest BCUT2D eigenvalue weighted by molar-refractivity contribution is 6.31. The van der Waals surface area contributed by atoms with Crippen molar-refractivity contribution in [2.24, 2.45) is 0 Å². The molecule has 25 heavy (non-hydrogen) atoms. The molecule has 2 aromatic rings. The lowest BCUT2D eigenvalue weighted by atomic mass is 9.88. The van der Waals surface area contributed by atoms with E-state index in [4.69, 9.17) is 11.6 Å². The van der Waals surface area contributed by atoms with Gasteiger partial charge in [-0.1, -0.05) is 29.8 Å². The number of hydroxylamine groups is 2. The standard InChI is InChI=1S/C17H12ClFN2O4/c18-10-3-6-12-13(7-10)16(23)21(25)17(24)14(12)15(22)20-8-9-1-4-11(19)5-2-9/h1-7,14,25H,8H2,(H,20,22). The fraction of sp³-hybridized carbons (Fsp3) is 0.118. The van der Waals surface area contributed by atoms with E-state index < -0.39 is 29.5 Å². The van der Waals surface area contributed by atoms with E-state index in [2.05, 4.69) is 5.32 Å². The van der Waals surface area contributed by atoms with Gasteiger partial charge >= 0.3 is 0 Å². The first kappa shape index (κ1) is 17.1. The molecule has 3 rings (SSSR count). The number of benzene rings is 2. The van der Waals surface area contributed by atoms with Crippen molar-refractivity contribution >= 4 is 29.3 Å². The van der Waals surface area contributed by atoms with Gasteiger partial charge in [0.25, 0.3) is 11.8 Å². The molecule has 0 bridgehead atoms. The lowest BCUT2D eigenvalue weighted by molar-refractivity contribution is -0.158. The van der Waals surface area contributed by atoms with Crippen LogP contribution in [0.15, 0.2) is 42.5 Å². The van der Waals surface area contributed by atoms with Crippen LogP contribution in [0.2, 0.25) is 5.02 Å². The number of carbonyl (C=O) groups excluding carboxylic acids is 3. The molecule has 3 amide bonds. The molecule has 0 aromatic heterocycles. The second kappa shape index (κ2) is 6.62. The van der Waals surface area contributed by atoms with Gasteiger partial charge in [-0.05, 0) is 35.4 Å². The third-order valence-corrected chi connectivity index (χ3v) is 4.08. The van der Waals surface area contributed by atoms with Crippen molar-refractivity contribution < 1.29 is 24.0 Å². The van der Waals surface area contributed by atoms with Gasteiger partial charge in [-0.3, -0.25) is 19.6 Å². The van der Waals surface area contributed by atoms with Gasteiger partial charge in [0.05, 0.1) is 0 Å². The SMILES string of the molecule is O=C(NCc1ccc(F)cc1)C1C(=O)N(O)C(=O)c2cc(Cl)ccc21. The second-order valence-corrected chi connectivity index (χ2v) is 5.90. The largest absolute Gasteiger partial charge is 0.351 e. The quantitative estimate of drug-likeness (QED) is 0.498. The molecule has 128 valence electrons. The molecule has 1 aliphatic rings. The molecule has 1 heterocycles. The summed E-state index contributed by atoms with van der Waals surface area (Å²) >= 11 is 5.84. The zero-order valence-electron chi connectivity index (χ0n) is 12.7. The van der Waals surface area contributed by atoms with Gasteiger partial charge in [-0.25, -0.2) is 4.39 Å². The molecule has 1 atom stereocenters. The van der Waals surface area contributed by atoms with Gasteiger partial charge in [-0.2, -0.15) is 5.06 Å². The van der Waals surface area contributed by atoms with Crippen LogP contribution in [0.25, 0.3) is 0 Å². The van der Waals surface area contributed by atoms with Gasteiger partial charge in [0, 0.05) is 17.1 Å². The maximum Gasteiger partial charge on any atom is 0.284 e. The Morgan fingerprint density at radius 1 is 1.20 bits per heavy atom. The fourth-order valence-corrected chi connectivity index (χ4v) is 2.75. The van der Waals surface area contributed by atoms with Crippen molar-refractivity contribution in [2.45, 2.75) is 12.5 Å². The monoisotopic (exact) mass is 362 g/mol. The number of fused-ring (bicyclic) bond motifs is 1. The smallest absolute Gasteiger partial charge is 0.284 e. The Balaban J connectivity index is 1.86. The van der Waals surface area contributed by atoms with Crippen LogP contribution in [-0.2, 0) is 16.1 Å². The predicted molar refractivity (Wildman–Crippen MR) is 85.4 cm³/mol. The average molecular weight is 363 g/mol. The summed E-state index contributed by atoms with van der Waals surface area (Å²) in [6.45, 7) is 0.0607. The summed E-state index contributed by atoms with van der Waals surface area (Å²) in [5.41, 5.74) is 0.782. The first-order valence-electron chi connectivity index (χ1n) is 7.27. The van der Waals surface area contributed by atoms with E-state index in [0.29, 0.717) is 5.56 Å². The van der Waals surface area contributed by atoms with E-state index in [1.807, 2.05) is 0 Å². The first-order valence-corrected chi connectivity index (χ1v) is 7.65. The number of carbonyl (C=O) groups is 3. The van der Waals surface area contributed by atoms with E-state index in [9.17, 15) is 24.0 Å². The van der Waals surface area contributed by atoms with Crippen molar-refractivity contribution in [1.29, 1.82) is 0 Å². The Hall–Kier alpha value is -2.77. The molecule has 0 fully saturated rings. The van der Waals surface area contributed by atoms with E-state index in [0.717, 1.165) is 0 Å². The van der Waals surface area contributed by atoms with Crippen molar-refractivity contribution in [2.75, 3.05) is 0 Å². The van der Waals surface area contributed by atoms with Crippen molar-refractivity contribution in [3.05, 3.63) is 70.0 Å². The van der Waals surface area contributed by atoms with Crippen LogP contribution >= 0.6 is 11.6 Å². The molecule has 0 saturated carbocycles. The number of hydrogen-bond donors (Lipinski definition) is 2. The maximum atomic E-state index is 12.9. The third kappa shape index (κ3) is 3.24. The Labute approximate surface area is 146 Å². The Morgan fingerprint density at radius 2 is 1.88 bits per heavy atom. The molecular weight excluding hydrogens is 351 g/mol. The van der Waals surface area contributed by atoms with Crippen molar-refractivity contribution in [3.8, 4) is 0 Å². The summed E-state index contributed by atoms with van der Waals surface area (Å²) in [6, 6.07) is 9.63. The van der Waals surface area contributed by atoms with Gasteiger partial charge in [0.1, 0.15) is 11.7 Å². The minimum absolute atomic E-state index is 0.0171. The molecule has 8 heteroatoms. The van der Waals surface area contributed by atoms with Crippen molar-refractivity contribution in [3.63, 3.8) is 0 Å². The summed E-state index contributed by atoms with van der Waals surface area (Å²) in [5, 5.41) is 12.4. The molecule has 2 N–H and O–H groups in total. The van der Waals surface area contributed by atoms with Crippen LogP contribution in [0.1, 0.15) is 27.4 Å². The van der Waals surface area contributed by atoms with Crippen LogP contribution < -0.4 is 5.32 Å². The first-order chi connectivity index (χ1) is 11.9. The lowest BCUT2D eigenvalue weighted by Crippen LogP contribution is -2.47. The molecule has 6 nitrogen and oxygen atoms in total. The summed E-state index contributed by atoms with van der Waals surface area (Å²) in [5.74, 6) is -4.46. The number of rotatable bonds is 3. The van der Waals surface area contributed by atoms with E-state index >= 15 is 0 Å². The molecular formula is C17H12ClFN2O4. The zero-order valence-corrected chi connectivity index (χ0v) is 13.5. The number of halogens is 2. The Morgan fingerprint density at radius 3 is 2.56 bits per heavy atom. The van der Waals surface area contributed by atoms with Crippen LogP contribution in [0, 0.1) is 5.82 Å². The summed E-state index contributed by atoms with van der Waals surface area (Å²) in [6.07, 6.45) is 0. The normalized spacial score (nSPS) is 16.6. The second-order valence-electron chi connectivity index (χ2n) is 5.46. The fourth-order valence-electron chi connectivity index (χ4n) is 2.58. The number of nitrogens with zero attached hydrogens (tertiary/aromatic N) is 1. The Bertz CT molecular complexity index is 869. The highest BCUT2D eigenvalue weighted by Crippen LogP contribution is 2.31. The van der Waals surface area contributed by atoms with E-state index in [1.165, 1.54) is 42.5 Å². The van der Waals surface area contributed by atoms with E-state index in [1.54, 1.807) is 0 Å². The van der Waals surface area contributed by atoms with Crippen LogP contribution in [0.5, 0.6) is 0 Å². The number of nitrogens with one attached hydrogen (secondary N) is 1. The lowest BCUT2D eigenvalue weighted by Gasteiger charge is -2.27. The predicted octanol–water partition coefficient (Wildman–Crippen LogP) is 2.25. The zero-order chi connectivity index (χ0) is 18.1. The Kier molecular flexibility index (Phi) is 4.52. The van der Waals surface area contributed by atoms with Crippen LogP contribution in [-0.4, -0.2) is 28.0 Å². The van der Waals surface area contributed by atoms with Crippen molar-refractivity contribution in [1.82, 2.24) is 10.4 Å². The van der Waals surface area contributed by atoms with Gasteiger partial charge < -0.3 is 5.32 Å². The molecule has 0 spiro atoms. The third-order valence-electron chi connectivity index (χ3n) is 3.85. The van der Waals surface area contributed by atoms with Crippen LogP contribution in [0.3, 0.4) is 0 Å². The molecule has 2 aromatic carbocycles. The molecule has 0 saturated heterocycles. The van der Waals surface area contributed by atoms with Gasteiger partial charge in [-0.15, -0.1) is 0 Å². The molecule has 0 radical (unpaired) electrons. The minimum Gasteiger partial charge on any atom is -0.351 e. The maximum absolute atomic E-state index is 12.9.